The van der Waals surface area contributed by atoms with Gasteiger partial charge in [-0.3, -0.25) is 4.79 Å². The van der Waals surface area contributed by atoms with Gasteiger partial charge in [-0.05, 0) is 36.6 Å². The van der Waals surface area contributed by atoms with Gasteiger partial charge in [0, 0.05) is 36.8 Å². The highest BCUT2D eigenvalue weighted by molar-refractivity contribution is 5.96. The van der Waals surface area contributed by atoms with Crippen LogP contribution in [-0.2, 0) is 13.0 Å². The molecule has 1 amide bonds. The fourth-order valence-corrected chi connectivity index (χ4v) is 3.84. The number of rotatable bonds is 9. The average molecular weight is 445 g/mol. The normalized spacial score (nSPS) is 10.9. The molecule has 0 unspecified atom stereocenters. The first-order chi connectivity index (χ1) is 16.1. The molecule has 7 heteroatoms. The van der Waals surface area contributed by atoms with Gasteiger partial charge in [0.25, 0.3) is 5.91 Å². The number of aryl methyl sites for hydroxylation is 1. The van der Waals surface area contributed by atoms with Gasteiger partial charge in [-0.15, -0.1) is 0 Å². The van der Waals surface area contributed by atoms with E-state index in [9.17, 15) is 4.79 Å². The summed E-state index contributed by atoms with van der Waals surface area (Å²) in [6, 6.07) is 17.8. The van der Waals surface area contributed by atoms with E-state index in [1.165, 1.54) is 5.56 Å². The van der Waals surface area contributed by atoms with Crippen LogP contribution in [-0.4, -0.2) is 53.4 Å². The van der Waals surface area contributed by atoms with Crippen LogP contribution in [0.25, 0.3) is 11.0 Å². The Morgan fingerprint density at radius 1 is 1.03 bits per heavy atom. The fourth-order valence-electron chi connectivity index (χ4n) is 3.84. The lowest BCUT2D eigenvalue weighted by atomic mass is 10.1. The van der Waals surface area contributed by atoms with Gasteiger partial charge < -0.3 is 14.4 Å². The molecule has 0 atom stereocenters. The van der Waals surface area contributed by atoms with Crippen molar-refractivity contribution in [2.75, 3.05) is 27.8 Å². The van der Waals surface area contributed by atoms with Gasteiger partial charge in [-0.25, -0.2) is 9.67 Å². The molecule has 0 spiro atoms. The number of benzene rings is 2. The number of hydrogen-bond donors (Lipinski definition) is 0. The number of aromatic nitrogens is 3. The van der Waals surface area contributed by atoms with Crippen molar-refractivity contribution in [2.24, 2.45) is 0 Å². The van der Waals surface area contributed by atoms with Crippen LogP contribution in [0.1, 0.15) is 27.9 Å². The summed E-state index contributed by atoms with van der Waals surface area (Å²) in [5.74, 6) is 1.42. The maximum absolute atomic E-state index is 12.9. The number of pyridine rings is 1. The number of methoxy groups -OCH3 is 2. The van der Waals surface area contributed by atoms with Crippen molar-refractivity contribution < 1.29 is 14.3 Å². The van der Waals surface area contributed by atoms with Gasteiger partial charge in [-0.1, -0.05) is 30.3 Å². The van der Waals surface area contributed by atoms with Crippen LogP contribution in [0.3, 0.4) is 0 Å². The molecule has 4 aromatic rings. The predicted molar refractivity (Wildman–Crippen MR) is 128 cm³/mol. The Balaban J connectivity index is 1.44. The Kier molecular flexibility index (Phi) is 6.88. The highest BCUT2D eigenvalue weighted by Gasteiger charge is 2.15. The molecule has 2 heterocycles. The second kappa shape index (κ2) is 10.2. The van der Waals surface area contributed by atoms with Crippen LogP contribution in [0.4, 0.5) is 0 Å². The minimum Gasteiger partial charge on any atom is -0.497 e. The molecule has 0 aliphatic carbocycles. The third kappa shape index (κ3) is 5.14. The zero-order valence-electron chi connectivity index (χ0n) is 19.2. The fraction of sp³-hybridized carbons (Fsp3) is 0.269. The molecule has 33 heavy (non-hydrogen) atoms. The van der Waals surface area contributed by atoms with E-state index in [1.54, 1.807) is 36.2 Å². The van der Waals surface area contributed by atoms with Gasteiger partial charge in [0.05, 0.1) is 32.5 Å². The number of carbonyl (C=O) groups is 1. The summed E-state index contributed by atoms with van der Waals surface area (Å²) in [5.41, 5.74) is 3.52. The number of amides is 1. The van der Waals surface area contributed by atoms with Crippen LogP contribution in [0.15, 0.2) is 67.0 Å². The molecule has 0 bridgehead atoms. The first-order valence-corrected chi connectivity index (χ1v) is 10.9. The van der Waals surface area contributed by atoms with E-state index < -0.39 is 0 Å². The number of nitrogens with zero attached hydrogens (tertiary/aromatic N) is 4. The van der Waals surface area contributed by atoms with Crippen LogP contribution in [0.2, 0.25) is 0 Å². The summed E-state index contributed by atoms with van der Waals surface area (Å²) >= 11 is 0. The van der Waals surface area contributed by atoms with Gasteiger partial charge in [0.1, 0.15) is 11.5 Å². The third-order valence-electron chi connectivity index (χ3n) is 5.69. The molecule has 4 rings (SSSR count). The molecule has 0 aliphatic heterocycles. The number of carbonyl (C=O) groups excluding carboxylic acids is 1. The summed E-state index contributed by atoms with van der Waals surface area (Å²) in [7, 11) is 5.09. The Bertz CT molecular complexity index is 1240. The number of fused-ring (bicyclic) bond motifs is 1. The van der Waals surface area contributed by atoms with Gasteiger partial charge in [0.15, 0.2) is 5.65 Å². The van der Waals surface area contributed by atoms with Crippen molar-refractivity contribution in [1.82, 2.24) is 19.7 Å². The maximum atomic E-state index is 12.9. The van der Waals surface area contributed by atoms with Crippen LogP contribution in [0, 0.1) is 0 Å². The summed E-state index contributed by atoms with van der Waals surface area (Å²) in [6.45, 7) is 1.18. The van der Waals surface area contributed by atoms with Gasteiger partial charge >= 0.3 is 0 Å². The van der Waals surface area contributed by atoms with E-state index in [1.807, 2.05) is 49.5 Å². The predicted octanol–water partition coefficient (Wildman–Crippen LogP) is 4.20. The zero-order valence-corrected chi connectivity index (χ0v) is 19.2. The molecule has 2 aromatic heterocycles. The van der Waals surface area contributed by atoms with Crippen LogP contribution >= 0.6 is 0 Å². The molecule has 170 valence electrons. The maximum Gasteiger partial charge on any atom is 0.255 e. The second-order valence-corrected chi connectivity index (χ2v) is 7.93. The molecule has 0 saturated carbocycles. The van der Waals surface area contributed by atoms with Crippen molar-refractivity contribution in [3.63, 3.8) is 0 Å². The lowest BCUT2D eigenvalue weighted by Crippen LogP contribution is -2.28. The summed E-state index contributed by atoms with van der Waals surface area (Å²) in [4.78, 5) is 19.2. The molecule has 0 fully saturated rings. The molecular weight excluding hydrogens is 416 g/mol. The number of ether oxygens (including phenoxy) is 2. The zero-order chi connectivity index (χ0) is 23.2. The van der Waals surface area contributed by atoms with Crippen LogP contribution < -0.4 is 9.47 Å². The standard InChI is InChI=1S/C26H28N4O3/c1-29(13-7-10-19-8-5-4-6-9-19)26(31)22-14-21-17-28-30(25(21)27-16-22)18-20-11-12-23(32-2)15-24(20)33-3/h4-6,8-9,11-12,14-17H,7,10,13,18H2,1-3H3. The number of hydrogen-bond acceptors (Lipinski definition) is 5. The van der Waals surface area contributed by atoms with Crippen molar-refractivity contribution in [1.29, 1.82) is 0 Å². The van der Waals surface area contributed by atoms with E-state index in [2.05, 4.69) is 22.2 Å². The van der Waals surface area contributed by atoms with E-state index in [0.29, 0.717) is 18.7 Å². The van der Waals surface area contributed by atoms with E-state index in [0.717, 1.165) is 40.9 Å². The Labute approximate surface area is 193 Å². The van der Waals surface area contributed by atoms with E-state index >= 15 is 0 Å². The molecular formula is C26H28N4O3. The first kappa shape index (κ1) is 22.3. The topological polar surface area (TPSA) is 69.5 Å². The minimum atomic E-state index is -0.0398. The molecule has 2 aromatic carbocycles. The summed E-state index contributed by atoms with van der Waals surface area (Å²) in [5, 5.41) is 5.30. The molecule has 0 saturated heterocycles. The largest absolute Gasteiger partial charge is 0.497 e. The molecule has 0 radical (unpaired) electrons. The van der Waals surface area contributed by atoms with Crippen molar-refractivity contribution in [2.45, 2.75) is 19.4 Å². The van der Waals surface area contributed by atoms with Gasteiger partial charge in [0.2, 0.25) is 0 Å². The highest BCUT2D eigenvalue weighted by atomic mass is 16.5. The Morgan fingerprint density at radius 3 is 2.61 bits per heavy atom. The molecule has 0 N–H and O–H groups in total. The second-order valence-electron chi connectivity index (χ2n) is 7.93. The first-order valence-electron chi connectivity index (χ1n) is 10.9. The van der Waals surface area contributed by atoms with Crippen molar-refractivity contribution in [3.8, 4) is 11.5 Å². The average Bonchev–Trinajstić information content (AvgIpc) is 3.26. The van der Waals surface area contributed by atoms with Crippen molar-refractivity contribution in [3.05, 3.63) is 83.7 Å². The Morgan fingerprint density at radius 2 is 1.85 bits per heavy atom. The lowest BCUT2D eigenvalue weighted by molar-refractivity contribution is 0.0793. The van der Waals surface area contributed by atoms with E-state index in [4.69, 9.17) is 9.47 Å². The van der Waals surface area contributed by atoms with Crippen molar-refractivity contribution >= 4 is 16.9 Å². The molecule has 0 aliphatic rings. The minimum absolute atomic E-state index is 0.0398. The van der Waals surface area contributed by atoms with Crippen LogP contribution in [0.5, 0.6) is 11.5 Å². The van der Waals surface area contributed by atoms with E-state index in [-0.39, 0.29) is 5.91 Å². The Hall–Kier alpha value is -3.87. The van der Waals surface area contributed by atoms with Gasteiger partial charge in [-0.2, -0.15) is 5.10 Å². The quantitative estimate of drug-likeness (QED) is 0.387. The SMILES string of the molecule is COc1ccc(Cn2ncc3cc(C(=O)N(C)CCCc4ccccc4)cnc32)c(OC)c1. The molecule has 7 nitrogen and oxygen atoms in total. The highest BCUT2D eigenvalue weighted by Crippen LogP contribution is 2.26. The summed E-state index contributed by atoms with van der Waals surface area (Å²) < 4.78 is 12.6. The monoisotopic (exact) mass is 444 g/mol. The third-order valence-corrected chi connectivity index (χ3v) is 5.69. The smallest absolute Gasteiger partial charge is 0.255 e. The summed E-state index contributed by atoms with van der Waals surface area (Å²) in [6.07, 6.45) is 5.22. The lowest BCUT2D eigenvalue weighted by Gasteiger charge is -2.17.